The molecule has 0 atom stereocenters. The lowest BCUT2D eigenvalue weighted by molar-refractivity contribution is 0.0921. The number of nitrogens with zero attached hydrogens (tertiary/aromatic N) is 5. The number of hydrogen-bond donors (Lipinski definition) is 3. The van der Waals surface area contributed by atoms with Crippen molar-refractivity contribution in [1.82, 2.24) is 30.7 Å². The van der Waals surface area contributed by atoms with Crippen LogP contribution in [0.2, 0.25) is 5.15 Å². The second-order valence-electron chi connectivity index (χ2n) is 4.99. The Bertz CT molecular complexity index is 649. The molecule has 116 valence electrons. The molecule has 10 heteroatoms. The van der Waals surface area contributed by atoms with Crippen molar-refractivity contribution in [3.05, 3.63) is 23.1 Å². The lowest BCUT2D eigenvalue weighted by Gasteiger charge is -2.32. The fourth-order valence-corrected chi connectivity index (χ4v) is 2.46. The highest BCUT2D eigenvalue weighted by Crippen LogP contribution is 2.18. The number of halogens is 1. The molecule has 0 radical (unpaired) electrons. The Morgan fingerprint density at radius 2 is 2.14 bits per heavy atom. The van der Waals surface area contributed by atoms with Crippen LogP contribution in [0.15, 0.2) is 12.1 Å². The number of piperidine rings is 1. The number of aromatic amines is 1. The van der Waals surface area contributed by atoms with E-state index in [1.54, 1.807) is 6.07 Å². The minimum Gasteiger partial charge on any atom is -0.366 e. The molecule has 22 heavy (non-hydrogen) atoms. The number of carbonyl (C=O) groups is 1. The summed E-state index contributed by atoms with van der Waals surface area (Å²) in [6.07, 6.45) is 1.61. The van der Waals surface area contributed by atoms with E-state index in [4.69, 9.17) is 17.3 Å². The molecule has 0 aliphatic carbocycles. The maximum atomic E-state index is 12.0. The van der Waals surface area contributed by atoms with Crippen LogP contribution < -0.4 is 16.0 Å². The van der Waals surface area contributed by atoms with E-state index in [0.717, 1.165) is 31.7 Å². The molecule has 3 heterocycles. The van der Waals surface area contributed by atoms with E-state index in [9.17, 15) is 4.79 Å². The van der Waals surface area contributed by atoms with Gasteiger partial charge in [-0.25, -0.2) is 0 Å². The van der Waals surface area contributed by atoms with Crippen LogP contribution in [-0.4, -0.2) is 50.4 Å². The molecular weight excluding hydrogens is 308 g/mol. The monoisotopic (exact) mass is 322 g/mol. The lowest BCUT2D eigenvalue weighted by Crippen LogP contribution is -2.45. The molecule has 0 aromatic carbocycles. The summed E-state index contributed by atoms with van der Waals surface area (Å²) < 4.78 is 0. The molecule has 1 amide bonds. The van der Waals surface area contributed by atoms with Crippen molar-refractivity contribution < 1.29 is 4.79 Å². The van der Waals surface area contributed by atoms with Crippen molar-refractivity contribution in [2.24, 2.45) is 0 Å². The first-order valence-electron chi connectivity index (χ1n) is 6.85. The van der Waals surface area contributed by atoms with Crippen molar-refractivity contribution in [3.63, 3.8) is 0 Å². The van der Waals surface area contributed by atoms with Crippen LogP contribution in [0.1, 0.15) is 23.5 Å². The first-order chi connectivity index (χ1) is 10.6. The number of anilines is 2. The number of nitrogens with one attached hydrogen (secondary N) is 2. The number of carbonyl (C=O) groups excluding carboxylic acids is 1. The highest BCUT2D eigenvalue weighted by atomic mass is 35.5. The zero-order valence-corrected chi connectivity index (χ0v) is 12.4. The van der Waals surface area contributed by atoms with Crippen LogP contribution in [0.5, 0.6) is 0 Å². The molecular formula is C12H15ClN8O. The van der Waals surface area contributed by atoms with E-state index in [1.807, 2.05) is 6.07 Å². The third-order valence-electron chi connectivity index (χ3n) is 3.49. The Hall–Kier alpha value is -2.42. The van der Waals surface area contributed by atoms with Crippen LogP contribution in [0.3, 0.4) is 0 Å². The molecule has 1 fully saturated rings. The zero-order chi connectivity index (χ0) is 15.5. The van der Waals surface area contributed by atoms with Crippen LogP contribution in [0, 0.1) is 0 Å². The zero-order valence-electron chi connectivity index (χ0n) is 11.7. The minimum atomic E-state index is -0.297. The van der Waals surface area contributed by atoms with Crippen LogP contribution >= 0.6 is 11.6 Å². The second-order valence-corrected chi connectivity index (χ2v) is 5.38. The molecule has 4 N–H and O–H groups in total. The number of H-pyrrole nitrogens is 1. The highest BCUT2D eigenvalue weighted by molar-refractivity contribution is 6.29. The Labute approximate surface area is 131 Å². The van der Waals surface area contributed by atoms with Gasteiger partial charge in [-0.3, -0.25) is 9.89 Å². The summed E-state index contributed by atoms with van der Waals surface area (Å²) >= 11 is 5.73. The first kappa shape index (κ1) is 14.5. The molecule has 0 spiro atoms. The van der Waals surface area contributed by atoms with Crippen molar-refractivity contribution in [3.8, 4) is 0 Å². The minimum absolute atomic E-state index is 0.0567. The summed E-state index contributed by atoms with van der Waals surface area (Å²) in [6, 6.07) is 3.63. The normalized spacial score (nSPS) is 15.8. The SMILES string of the molecule is Nc1n[nH]c(C(=O)NC2CCN(c3ccc(Cl)nn3)CC2)n1. The summed E-state index contributed by atoms with van der Waals surface area (Å²) in [6.45, 7) is 1.56. The van der Waals surface area contributed by atoms with Gasteiger partial charge in [-0.05, 0) is 25.0 Å². The fourth-order valence-electron chi connectivity index (χ4n) is 2.36. The number of nitrogens with two attached hydrogens (primary N) is 1. The quantitative estimate of drug-likeness (QED) is 0.738. The predicted octanol–water partition coefficient (Wildman–Crippen LogP) is 0.229. The molecule has 0 unspecified atom stereocenters. The van der Waals surface area contributed by atoms with E-state index in [-0.39, 0.29) is 23.7 Å². The fraction of sp³-hybridized carbons (Fsp3) is 0.417. The van der Waals surface area contributed by atoms with Crippen LogP contribution in [0.4, 0.5) is 11.8 Å². The van der Waals surface area contributed by atoms with E-state index < -0.39 is 0 Å². The average molecular weight is 323 g/mol. The molecule has 1 aliphatic rings. The number of amides is 1. The van der Waals surface area contributed by atoms with Crippen molar-refractivity contribution in [1.29, 1.82) is 0 Å². The van der Waals surface area contributed by atoms with E-state index in [1.165, 1.54) is 0 Å². The summed E-state index contributed by atoms with van der Waals surface area (Å²) in [5, 5.41) is 17.3. The number of rotatable bonds is 3. The Balaban J connectivity index is 1.53. The predicted molar refractivity (Wildman–Crippen MR) is 80.5 cm³/mol. The van der Waals surface area contributed by atoms with Gasteiger partial charge in [-0.15, -0.1) is 15.3 Å². The first-order valence-corrected chi connectivity index (χ1v) is 7.22. The topological polar surface area (TPSA) is 126 Å². The molecule has 3 rings (SSSR count). The van der Waals surface area contributed by atoms with Gasteiger partial charge in [0.15, 0.2) is 11.0 Å². The number of aromatic nitrogens is 5. The van der Waals surface area contributed by atoms with Gasteiger partial charge in [0.2, 0.25) is 11.8 Å². The van der Waals surface area contributed by atoms with Gasteiger partial charge < -0.3 is 16.0 Å². The van der Waals surface area contributed by atoms with Gasteiger partial charge in [-0.2, -0.15) is 4.98 Å². The Morgan fingerprint density at radius 1 is 1.36 bits per heavy atom. The highest BCUT2D eigenvalue weighted by Gasteiger charge is 2.23. The molecule has 0 bridgehead atoms. The second kappa shape index (κ2) is 6.14. The van der Waals surface area contributed by atoms with Gasteiger partial charge in [0.25, 0.3) is 5.91 Å². The summed E-state index contributed by atoms with van der Waals surface area (Å²) in [5.41, 5.74) is 5.38. The maximum Gasteiger partial charge on any atom is 0.288 e. The van der Waals surface area contributed by atoms with Crippen LogP contribution in [-0.2, 0) is 0 Å². The molecule has 9 nitrogen and oxygen atoms in total. The van der Waals surface area contributed by atoms with Gasteiger partial charge in [0.05, 0.1) is 0 Å². The Kier molecular flexibility index (Phi) is 4.05. The maximum absolute atomic E-state index is 12.0. The van der Waals surface area contributed by atoms with Crippen molar-refractivity contribution in [2.75, 3.05) is 23.7 Å². The standard InChI is InChI=1S/C12H15ClN8O/c13-8-1-2-9(18-17-8)21-5-3-7(4-6-21)15-11(22)10-16-12(14)20-19-10/h1-2,7H,3-6H2,(H,15,22)(H3,14,16,19,20). The summed E-state index contributed by atoms with van der Waals surface area (Å²) in [5.74, 6) is 0.677. The number of hydrogen-bond acceptors (Lipinski definition) is 7. The van der Waals surface area contributed by atoms with E-state index >= 15 is 0 Å². The lowest BCUT2D eigenvalue weighted by atomic mass is 10.1. The van der Waals surface area contributed by atoms with Gasteiger partial charge in [0, 0.05) is 19.1 Å². The third kappa shape index (κ3) is 3.25. The molecule has 1 saturated heterocycles. The van der Waals surface area contributed by atoms with Gasteiger partial charge in [-0.1, -0.05) is 11.6 Å². The van der Waals surface area contributed by atoms with E-state index in [2.05, 4.69) is 35.6 Å². The van der Waals surface area contributed by atoms with E-state index in [0.29, 0.717) is 5.15 Å². The summed E-state index contributed by atoms with van der Waals surface area (Å²) in [4.78, 5) is 17.9. The smallest absolute Gasteiger partial charge is 0.288 e. The third-order valence-corrected chi connectivity index (χ3v) is 3.69. The molecule has 1 aliphatic heterocycles. The Morgan fingerprint density at radius 3 is 2.73 bits per heavy atom. The van der Waals surface area contributed by atoms with Crippen molar-refractivity contribution in [2.45, 2.75) is 18.9 Å². The summed E-state index contributed by atoms with van der Waals surface area (Å²) in [7, 11) is 0. The molecule has 0 saturated carbocycles. The van der Waals surface area contributed by atoms with Gasteiger partial charge in [0.1, 0.15) is 0 Å². The molecule has 2 aromatic rings. The number of nitrogen functional groups attached to an aromatic ring is 1. The average Bonchev–Trinajstić information content (AvgIpc) is 2.96. The largest absolute Gasteiger partial charge is 0.366 e. The van der Waals surface area contributed by atoms with Crippen LogP contribution in [0.25, 0.3) is 0 Å². The van der Waals surface area contributed by atoms with Gasteiger partial charge >= 0.3 is 0 Å². The van der Waals surface area contributed by atoms with Crippen molar-refractivity contribution >= 4 is 29.3 Å². The molecule has 2 aromatic heterocycles.